The molecule has 4 heteroatoms. The maximum atomic E-state index is 9.95. The highest BCUT2D eigenvalue weighted by Gasteiger charge is 2.17. The van der Waals surface area contributed by atoms with Crippen LogP contribution in [0.2, 0.25) is 0 Å². The van der Waals surface area contributed by atoms with Crippen LogP contribution in [0, 0.1) is 0 Å². The molecule has 0 spiro atoms. The Bertz CT molecular complexity index is 177. The standard InChI is InChI=1S/C13H30N2OS/c1-5-12(3)17-10-8-7-9-15-13(4,16)11-14-6-2/h12,14-16H,5-11H2,1-4H3/t12-,13+/m1/s1. The van der Waals surface area contributed by atoms with Gasteiger partial charge in [-0.2, -0.15) is 11.8 Å². The van der Waals surface area contributed by atoms with Crippen LogP contribution in [0.5, 0.6) is 0 Å². The van der Waals surface area contributed by atoms with Gasteiger partial charge in [0.2, 0.25) is 0 Å². The molecule has 0 unspecified atom stereocenters. The maximum Gasteiger partial charge on any atom is 0.125 e. The summed E-state index contributed by atoms with van der Waals surface area (Å²) < 4.78 is 0. The molecule has 0 aromatic heterocycles. The zero-order valence-electron chi connectivity index (χ0n) is 11.9. The Morgan fingerprint density at radius 3 is 2.59 bits per heavy atom. The molecule has 3 nitrogen and oxygen atoms in total. The van der Waals surface area contributed by atoms with Crippen molar-refractivity contribution in [2.45, 2.75) is 57.9 Å². The largest absolute Gasteiger partial charge is 0.375 e. The Morgan fingerprint density at radius 1 is 1.29 bits per heavy atom. The van der Waals surface area contributed by atoms with Gasteiger partial charge in [0.1, 0.15) is 5.72 Å². The van der Waals surface area contributed by atoms with Crippen LogP contribution in [0.1, 0.15) is 47.0 Å². The molecule has 0 amide bonds. The van der Waals surface area contributed by atoms with Crippen LogP contribution >= 0.6 is 11.8 Å². The summed E-state index contributed by atoms with van der Waals surface area (Å²) in [6, 6.07) is 0. The predicted octanol–water partition coefficient (Wildman–Crippen LogP) is 2.21. The maximum absolute atomic E-state index is 9.95. The van der Waals surface area contributed by atoms with Gasteiger partial charge in [-0.25, -0.2) is 0 Å². The average Bonchev–Trinajstić information content (AvgIpc) is 2.30. The lowest BCUT2D eigenvalue weighted by Crippen LogP contribution is -2.50. The number of rotatable bonds is 11. The van der Waals surface area contributed by atoms with Crippen LogP contribution in [-0.4, -0.2) is 41.5 Å². The SMILES string of the molecule is CCNC[C@](C)(O)NCCCCS[C@H](C)CC. The van der Waals surface area contributed by atoms with Gasteiger partial charge in [-0.15, -0.1) is 0 Å². The molecule has 17 heavy (non-hydrogen) atoms. The first-order valence-corrected chi connectivity index (χ1v) is 7.86. The molecule has 0 aliphatic carbocycles. The number of nitrogens with one attached hydrogen (secondary N) is 2. The van der Waals surface area contributed by atoms with Crippen LogP contribution in [0.25, 0.3) is 0 Å². The number of hydrogen-bond donors (Lipinski definition) is 3. The van der Waals surface area contributed by atoms with Gasteiger partial charge < -0.3 is 10.4 Å². The van der Waals surface area contributed by atoms with E-state index in [-0.39, 0.29) is 0 Å². The number of hydrogen-bond acceptors (Lipinski definition) is 4. The van der Waals surface area contributed by atoms with Crippen molar-refractivity contribution >= 4 is 11.8 Å². The molecule has 0 aliphatic heterocycles. The van der Waals surface area contributed by atoms with Gasteiger partial charge in [0, 0.05) is 11.8 Å². The molecule has 0 aromatic rings. The Labute approximate surface area is 111 Å². The summed E-state index contributed by atoms with van der Waals surface area (Å²) in [5, 5.41) is 17.1. The summed E-state index contributed by atoms with van der Waals surface area (Å²) in [6.07, 6.45) is 3.60. The monoisotopic (exact) mass is 262 g/mol. The molecule has 2 atom stereocenters. The van der Waals surface area contributed by atoms with E-state index in [0.29, 0.717) is 6.54 Å². The lowest BCUT2D eigenvalue weighted by molar-refractivity contribution is 0.0251. The van der Waals surface area contributed by atoms with Crippen molar-refractivity contribution in [2.24, 2.45) is 0 Å². The minimum Gasteiger partial charge on any atom is -0.375 e. The van der Waals surface area contributed by atoms with Gasteiger partial charge in [0.25, 0.3) is 0 Å². The van der Waals surface area contributed by atoms with Crippen LogP contribution < -0.4 is 10.6 Å². The summed E-state index contributed by atoms with van der Waals surface area (Å²) in [6.45, 7) is 10.8. The minimum absolute atomic E-state index is 0.602. The van der Waals surface area contributed by atoms with Gasteiger partial charge in [0.15, 0.2) is 0 Å². The topological polar surface area (TPSA) is 44.3 Å². The van der Waals surface area contributed by atoms with Gasteiger partial charge in [-0.3, -0.25) is 5.32 Å². The summed E-state index contributed by atoms with van der Waals surface area (Å²) in [7, 11) is 0. The summed E-state index contributed by atoms with van der Waals surface area (Å²) in [4.78, 5) is 0. The average molecular weight is 262 g/mol. The number of thioether (sulfide) groups is 1. The summed E-state index contributed by atoms with van der Waals surface area (Å²) in [5.74, 6) is 1.23. The molecule has 0 rings (SSSR count). The van der Waals surface area contributed by atoms with Crippen molar-refractivity contribution in [3.05, 3.63) is 0 Å². The van der Waals surface area contributed by atoms with Crippen LogP contribution in [0.15, 0.2) is 0 Å². The molecule has 3 N–H and O–H groups in total. The summed E-state index contributed by atoms with van der Waals surface area (Å²) >= 11 is 2.05. The second-order valence-electron chi connectivity index (χ2n) is 4.78. The van der Waals surface area contributed by atoms with E-state index in [1.807, 2.05) is 25.6 Å². The third kappa shape index (κ3) is 11.1. The smallest absolute Gasteiger partial charge is 0.125 e. The van der Waals surface area contributed by atoms with Gasteiger partial charge in [-0.1, -0.05) is 20.8 Å². The number of unbranched alkanes of at least 4 members (excludes halogenated alkanes) is 1. The summed E-state index contributed by atoms with van der Waals surface area (Å²) in [5.41, 5.74) is -0.778. The van der Waals surface area contributed by atoms with E-state index in [2.05, 4.69) is 24.5 Å². The number of aliphatic hydroxyl groups is 1. The third-order valence-electron chi connectivity index (χ3n) is 2.77. The normalized spacial score (nSPS) is 16.8. The number of likely N-dealkylation sites (N-methyl/N-ethyl adjacent to an activating group) is 1. The van der Waals surface area contributed by atoms with E-state index in [4.69, 9.17) is 0 Å². The lowest BCUT2D eigenvalue weighted by atomic mass is 10.2. The molecular weight excluding hydrogens is 232 g/mol. The van der Waals surface area contributed by atoms with Crippen LogP contribution in [-0.2, 0) is 0 Å². The van der Waals surface area contributed by atoms with E-state index in [0.717, 1.165) is 24.8 Å². The Morgan fingerprint density at radius 2 is 2.00 bits per heavy atom. The van der Waals surface area contributed by atoms with E-state index in [1.165, 1.54) is 18.6 Å². The van der Waals surface area contributed by atoms with Crippen LogP contribution in [0.4, 0.5) is 0 Å². The van der Waals surface area contributed by atoms with E-state index in [1.54, 1.807) is 0 Å². The van der Waals surface area contributed by atoms with Crippen molar-refractivity contribution in [2.75, 3.05) is 25.4 Å². The van der Waals surface area contributed by atoms with E-state index >= 15 is 0 Å². The molecule has 0 fully saturated rings. The van der Waals surface area contributed by atoms with Crippen molar-refractivity contribution in [3.63, 3.8) is 0 Å². The second-order valence-corrected chi connectivity index (χ2v) is 6.32. The first kappa shape index (κ1) is 17.2. The first-order chi connectivity index (χ1) is 8.02. The second kappa shape index (κ2) is 10.2. The molecule has 0 bridgehead atoms. The highest BCUT2D eigenvalue weighted by molar-refractivity contribution is 7.99. The quantitative estimate of drug-likeness (QED) is 0.394. The highest BCUT2D eigenvalue weighted by Crippen LogP contribution is 2.14. The fourth-order valence-corrected chi connectivity index (χ4v) is 2.43. The zero-order valence-corrected chi connectivity index (χ0v) is 12.7. The fraction of sp³-hybridized carbons (Fsp3) is 1.00. The Kier molecular flexibility index (Phi) is 10.3. The Balaban J connectivity index is 3.38. The van der Waals surface area contributed by atoms with Crippen molar-refractivity contribution < 1.29 is 5.11 Å². The van der Waals surface area contributed by atoms with Crippen molar-refractivity contribution in [1.29, 1.82) is 0 Å². The molecule has 0 aromatic carbocycles. The van der Waals surface area contributed by atoms with Gasteiger partial charge in [-0.05, 0) is 45.0 Å². The van der Waals surface area contributed by atoms with Crippen molar-refractivity contribution in [1.82, 2.24) is 10.6 Å². The molecule has 0 saturated carbocycles. The fourth-order valence-electron chi connectivity index (χ4n) is 1.42. The lowest BCUT2D eigenvalue weighted by Gasteiger charge is -2.25. The van der Waals surface area contributed by atoms with Crippen LogP contribution in [0.3, 0.4) is 0 Å². The molecular formula is C13H30N2OS. The third-order valence-corrected chi connectivity index (χ3v) is 4.20. The Hall–Kier alpha value is 0.230. The molecule has 0 heterocycles. The van der Waals surface area contributed by atoms with Gasteiger partial charge >= 0.3 is 0 Å². The minimum atomic E-state index is -0.778. The predicted molar refractivity (Wildman–Crippen MR) is 78.6 cm³/mol. The van der Waals surface area contributed by atoms with E-state index < -0.39 is 5.72 Å². The molecule has 104 valence electrons. The van der Waals surface area contributed by atoms with E-state index in [9.17, 15) is 5.11 Å². The zero-order chi connectivity index (χ0) is 13.1. The molecule has 0 saturated heterocycles. The first-order valence-electron chi connectivity index (χ1n) is 6.81. The van der Waals surface area contributed by atoms with Crippen molar-refractivity contribution in [3.8, 4) is 0 Å². The highest BCUT2D eigenvalue weighted by atomic mass is 32.2. The molecule has 0 aliphatic rings. The van der Waals surface area contributed by atoms with Gasteiger partial charge in [0.05, 0.1) is 0 Å². The molecule has 0 radical (unpaired) electrons.